The predicted octanol–water partition coefficient (Wildman–Crippen LogP) is 3.66. The second-order valence-electron chi connectivity index (χ2n) is 8.74. The van der Waals surface area contributed by atoms with E-state index in [1.54, 1.807) is 6.20 Å². The van der Waals surface area contributed by atoms with E-state index in [1.807, 2.05) is 30.3 Å². The largest absolute Gasteiger partial charge is 0.396 e. The number of aliphatic hydroxyl groups excluding tert-OH is 1. The Kier molecular flexibility index (Phi) is 9.37. The normalized spacial score (nSPS) is 14.3. The Hall–Kier alpha value is -2.58. The quantitative estimate of drug-likeness (QED) is 0.424. The number of aliphatic hydroxyl groups is 1. The van der Waals surface area contributed by atoms with E-state index in [9.17, 15) is 9.90 Å². The zero-order valence-corrected chi connectivity index (χ0v) is 19.2. The van der Waals surface area contributed by atoms with Crippen LogP contribution in [0.3, 0.4) is 0 Å². The first-order valence-corrected chi connectivity index (χ1v) is 11.8. The molecule has 0 saturated heterocycles. The Morgan fingerprint density at radius 1 is 1.22 bits per heavy atom. The van der Waals surface area contributed by atoms with Crippen molar-refractivity contribution < 1.29 is 9.90 Å². The minimum Gasteiger partial charge on any atom is -0.396 e. The third-order valence-electron chi connectivity index (χ3n) is 6.26. The topological polar surface area (TPSA) is 111 Å². The predicted molar refractivity (Wildman–Crippen MR) is 130 cm³/mol. The van der Waals surface area contributed by atoms with Crippen LogP contribution in [0.1, 0.15) is 44.9 Å². The zero-order valence-electron chi connectivity index (χ0n) is 19.2. The molecule has 1 aromatic heterocycles. The number of nitrogens with two attached hydrogens (primary N) is 1. The molecule has 0 unspecified atom stereocenters. The first kappa shape index (κ1) is 24.1. The monoisotopic (exact) mass is 442 g/mol. The van der Waals surface area contributed by atoms with Crippen molar-refractivity contribution in [3.05, 3.63) is 30.6 Å². The molecule has 2 aromatic rings. The average Bonchev–Trinajstić information content (AvgIpc) is 3.36. The number of aromatic nitrogens is 2. The van der Waals surface area contributed by atoms with Gasteiger partial charge in [0.15, 0.2) is 0 Å². The van der Waals surface area contributed by atoms with E-state index in [0.717, 1.165) is 42.0 Å². The fraction of sp³-hybridized carbons (Fsp3) is 0.583. The van der Waals surface area contributed by atoms with E-state index in [4.69, 9.17) is 5.73 Å². The summed E-state index contributed by atoms with van der Waals surface area (Å²) in [7, 11) is 2.02. The number of anilines is 2. The van der Waals surface area contributed by atoms with E-state index in [1.165, 1.54) is 32.1 Å². The minimum atomic E-state index is -0.103. The molecule has 3 rings (SSSR count). The standard InChI is InChI=1S/C24H38N6O2/c1-29(12-5-11-25)23-15-20(21-16-26-27-17-21)9-10-22(23)28-24(32)30(13-6-14-31)18-19-7-3-2-4-8-19/h9-10,15-17,19,31H,2-8,11-14,18,25H2,1H3,(H,26,27)(H,28,32). The van der Waals surface area contributed by atoms with Crippen molar-refractivity contribution in [3.8, 4) is 11.1 Å². The molecule has 1 saturated carbocycles. The van der Waals surface area contributed by atoms with Gasteiger partial charge < -0.3 is 26.0 Å². The van der Waals surface area contributed by atoms with Gasteiger partial charge in [0.05, 0.1) is 17.6 Å². The summed E-state index contributed by atoms with van der Waals surface area (Å²) >= 11 is 0. The molecule has 0 aliphatic heterocycles. The Morgan fingerprint density at radius 3 is 2.72 bits per heavy atom. The summed E-state index contributed by atoms with van der Waals surface area (Å²) in [6.07, 6.45) is 11.2. The molecular weight excluding hydrogens is 404 g/mol. The molecule has 176 valence electrons. The van der Waals surface area contributed by atoms with E-state index < -0.39 is 0 Å². The van der Waals surface area contributed by atoms with Crippen LogP contribution in [0.4, 0.5) is 16.2 Å². The third kappa shape index (κ3) is 6.71. The Morgan fingerprint density at radius 2 is 2.03 bits per heavy atom. The van der Waals surface area contributed by atoms with E-state index in [0.29, 0.717) is 25.4 Å². The third-order valence-corrected chi connectivity index (χ3v) is 6.26. The zero-order chi connectivity index (χ0) is 22.8. The lowest BCUT2D eigenvalue weighted by Gasteiger charge is -2.31. The van der Waals surface area contributed by atoms with Gasteiger partial charge in [-0.25, -0.2) is 4.79 Å². The van der Waals surface area contributed by atoms with Crippen molar-refractivity contribution in [3.63, 3.8) is 0 Å². The molecule has 1 aliphatic rings. The van der Waals surface area contributed by atoms with Gasteiger partial charge in [0.25, 0.3) is 0 Å². The van der Waals surface area contributed by atoms with Crippen LogP contribution < -0.4 is 16.0 Å². The van der Waals surface area contributed by atoms with E-state index in [2.05, 4.69) is 26.5 Å². The number of aromatic amines is 1. The van der Waals surface area contributed by atoms with Crippen molar-refractivity contribution in [2.24, 2.45) is 11.7 Å². The molecule has 8 heteroatoms. The highest BCUT2D eigenvalue weighted by Crippen LogP contribution is 2.32. The molecule has 1 fully saturated rings. The average molecular weight is 443 g/mol. The Labute approximate surface area is 191 Å². The number of carbonyl (C=O) groups excluding carboxylic acids is 1. The summed E-state index contributed by atoms with van der Waals surface area (Å²) in [5, 5.41) is 19.4. The number of nitrogens with zero attached hydrogens (tertiary/aromatic N) is 3. The van der Waals surface area contributed by atoms with Crippen LogP contribution in [0.2, 0.25) is 0 Å². The second kappa shape index (κ2) is 12.5. The number of benzene rings is 1. The summed E-state index contributed by atoms with van der Waals surface area (Å²) in [4.78, 5) is 17.3. The van der Waals surface area contributed by atoms with Crippen LogP contribution in [0.5, 0.6) is 0 Å². The second-order valence-corrected chi connectivity index (χ2v) is 8.74. The Balaban J connectivity index is 1.79. The first-order chi connectivity index (χ1) is 15.6. The highest BCUT2D eigenvalue weighted by Gasteiger charge is 2.22. The van der Waals surface area contributed by atoms with Crippen molar-refractivity contribution in [1.29, 1.82) is 0 Å². The van der Waals surface area contributed by atoms with Crippen LogP contribution in [-0.2, 0) is 0 Å². The number of amides is 2. The van der Waals surface area contributed by atoms with Gasteiger partial charge in [-0.3, -0.25) is 5.10 Å². The molecule has 1 heterocycles. The lowest BCUT2D eigenvalue weighted by molar-refractivity contribution is 0.181. The maximum atomic E-state index is 13.3. The maximum Gasteiger partial charge on any atom is 0.321 e. The Bertz CT molecular complexity index is 820. The number of nitrogens with one attached hydrogen (secondary N) is 2. The van der Waals surface area contributed by atoms with Crippen molar-refractivity contribution in [2.45, 2.75) is 44.9 Å². The van der Waals surface area contributed by atoms with Gasteiger partial charge in [0.2, 0.25) is 0 Å². The van der Waals surface area contributed by atoms with Gasteiger partial charge in [0.1, 0.15) is 0 Å². The summed E-state index contributed by atoms with van der Waals surface area (Å²) in [5.74, 6) is 0.545. The number of H-pyrrole nitrogens is 1. The molecular formula is C24H38N6O2. The molecule has 5 N–H and O–H groups in total. The minimum absolute atomic E-state index is 0.0842. The molecule has 8 nitrogen and oxygen atoms in total. The van der Waals surface area contributed by atoms with Gasteiger partial charge in [0, 0.05) is 45.0 Å². The highest BCUT2D eigenvalue weighted by atomic mass is 16.3. The first-order valence-electron chi connectivity index (χ1n) is 11.8. The number of rotatable bonds is 11. The van der Waals surface area contributed by atoms with Crippen LogP contribution in [0, 0.1) is 5.92 Å². The fourth-order valence-corrected chi connectivity index (χ4v) is 4.40. The summed E-state index contributed by atoms with van der Waals surface area (Å²) in [6, 6.07) is 5.93. The van der Waals surface area contributed by atoms with Gasteiger partial charge in [-0.1, -0.05) is 25.3 Å². The van der Waals surface area contributed by atoms with Crippen LogP contribution in [0.25, 0.3) is 11.1 Å². The lowest BCUT2D eigenvalue weighted by atomic mass is 9.89. The molecule has 1 aromatic carbocycles. The van der Waals surface area contributed by atoms with Crippen LogP contribution >= 0.6 is 0 Å². The molecule has 0 bridgehead atoms. The van der Waals surface area contributed by atoms with E-state index in [-0.39, 0.29) is 12.6 Å². The molecule has 0 spiro atoms. The SMILES string of the molecule is CN(CCCN)c1cc(-c2cn[nH]c2)ccc1NC(=O)N(CCCO)CC1CCCCC1. The van der Waals surface area contributed by atoms with Gasteiger partial charge in [-0.15, -0.1) is 0 Å². The molecule has 1 aliphatic carbocycles. The molecule has 0 atom stereocenters. The van der Waals surface area contributed by atoms with Gasteiger partial charge in [-0.2, -0.15) is 5.10 Å². The molecule has 32 heavy (non-hydrogen) atoms. The summed E-state index contributed by atoms with van der Waals surface area (Å²) in [6.45, 7) is 2.80. The lowest BCUT2D eigenvalue weighted by Crippen LogP contribution is -2.40. The number of carbonyl (C=O) groups is 1. The highest BCUT2D eigenvalue weighted by molar-refractivity contribution is 5.94. The molecule has 0 radical (unpaired) electrons. The summed E-state index contributed by atoms with van der Waals surface area (Å²) in [5.41, 5.74) is 9.48. The molecule has 2 amide bonds. The van der Waals surface area contributed by atoms with Gasteiger partial charge in [-0.05, 0) is 55.8 Å². The number of urea groups is 1. The number of hydrogen-bond acceptors (Lipinski definition) is 5. The fourth-order valence-electron chi connectivity index (χ4n) is 4.40. The van der Waals surface area contributed by atoms with E-state index >= 15 is 0 Å². The van der Waals surface area contributed by atoms with Gasteiger partial charge >= 0.3 is 6.03 Å². The van der Waals surface area contributed by atoms with Crippen molar-refractivity contribution in [2.75, 3.05) is 50.1 Å². The van der Waals surface area contributed by atoms with Crippen molar-refractivity contribution in [1.82, 2.24) is 15.1 Å². The smallest absolute Gasteiger partial charge is 0.321 e. The van der Waals surface area contributed by atoms with Crippen molar-refractivity contribution >= 4 is 17.4 Å². The summed E-state index contributed by atoms with van der Waals surface area (Å²) < 4.78 is 0. The van der Waals surface area contributed by atoms with Crippen LogP contribution in [0.15, 0.2) is 30.6 Å². The van der Waals surface area contributed by atoms with Crippen LogP contribution in [-0.4, -0.2) is 66.1 Å². The maximum absolute atomic E-state index is 13.3. The number of hydrogen-bond donors (Lipinski definition) is 4.